The zero-order valence-corrected chi connectivity index (χ0v) is 14.4. The molecule has 0 N–H and O–H groups in total. The summed E-state index contributed by atoms with van der Waals surface area (Å²) in [5, 5.41) is 0. The van der Waals surface area contributed by atoms with Crippen LogP contribution in [-0.2, 0) is 19.6 Å². The molecule has 0 atom stereocenters. The summed E-state index contributed by atoms with van der Waals surface area (Å²) in [5.74, 6) is 0.250. The number of hydrogen-bond donors (Lipinski definition) is 0. The molecule has 23 heavy (non-hydrogen) atoms. The maximum Gasteiger partial charge on any atom is 0.243 e. The van der Waals surface area contributed by atoms with Gasteiger partial charge in [0.1, 0.15) is 6.54 Å². The second-order valence-corrected chi connectivity index (χ2v) is 7.41. The molecule has 0 unspecified atom stereocenters. The average Bonchev–Trinajstić information content (AvgIpc) is 2.52. The van der Waals surface area contributed by atoms with Crippen LogP contribution < -0.4 is 9.21 Å². The van der Waals surface area contributed by atoms with Crippen molar-refractivity contribution in [2.75, 3.05) is 62.4 Å². The van der Waals surface area contributed by atoms with Gasteiger partial charge >= 0.3 is 0 Å². The van der Waals surface area contributed by atoms with Gasteiger partial charge in [-0.2, -0.15) is 0 Å². The quantitative estimate of drug-likeness (QED) is 0.735. The lowest BCUT2D eigenvalue weighted by molar-refractivity contribution is -0.133. The number of pyridine rings is 1. The number of sulfonamides is 1. The van der Waals surface area contributed by atoms with Gasteiger partial charge in [-0.05, 0) is 12.1 Å². The highest BCUT2D eigenvalue weighted by Gasteiger charge is 2.27. The fourth-order valence-corrected chi connectivity index (χ4v) is 3.19. The Balaban J connectivity index is 2.30. The molecule has 0 radical (unpaired) electrons. The molecule has 0 aromatic carbocycles. The van der Waals surface area contributed by atoms with Gasteiger partial charge in [0, 0.05) is 33.4 Å². The first-order valence-electron chi connectivity index (χ1n) is 7.26. The van der Waals surface area contributed by atoms with E-state index in [1.54, 1.807) is 42.2 Å². The molecular formula is C14H22N4O4S. The molecule has 2 rings (SSSR count). The van der Waals surface area contributed by atoms with E-state index in [1.807, 2.05) is 0 Å². The number of anilines is 2. The van der Waals surface area contributed by atoms with Crippen molar-refractivity contribution in [3.8, 4) is 0 Å². The van der Waals surface area contributed by atoms with E-state index in [1.165, 1.54) is 0 Å². The van der Waals surface area contributed by atoms with Crippen LogP contribution in [0, 0.1) is 0 Å². The summed E-state index contributed by atoms with van der Waals surface area (Å²) in [6.07, 6.45) is 2.68. The number of nitrogens with zero attached hydrogens (tertiary/aromatic N) is 4. The van der Waals surface area contributed by atoms with E-state index in [-0.39, 0.29) is 12.5 Å². The van der Waals surface area contributed by atoms with Crippen LogP contribution in [0.3, 0.4) is 0 Å². The fraction of sp³-hybridized carbons (Fsp3) is 0.571. The molecule has 0 bridgehead atoms. The molecule has 1 saturated heterocycles. The third-order valence-corrected chi connectivity index (χ3v) is 4.63. The van der Waals surface area contributed by atoms with Gasteiger partial charge in [0.05, 0.1) is 25.2 Å². The van der Waals surface area contributed by atoms with E-state index in [9.17, 15) is 13.2 Å². The molecule has 1 aromatic rings. The first-order valence-corrected chi connectivity index (χ1v) is 9.11. The molecule has 2 heterocycles. The number of morpholine rings is 1. The number of carbonyl (C=O) groups excluding carboxylic acids is 1. The predicted octanol–water partition coefficient (Wildman–Crippen LogP) is -0.228. The lowest BCUT2D eigenvalue weighted by atomic mass is 10.3. The van der Waals surface area contributed by atoms with Crippen molar-refractivity contribution in [1.82, 2.24) is 9.88 Å². The number of amides is 1. The molecule has 8 nitrogen and oxygen atoms in total. The Morgan fingerprint density at radius 2 is 2.00 bits per heavy atom. The fourth-order valence-electron chi connectivity index (χ4n) is 2.34. The summed E-state index contributed by atoms with van der Waals surface area (Å²) >= 11 is 0. The number of hydrogen-bond acceptors (Lipinski definition) is 6. The Labute approximate surface area is 136 Å². The smallest absolute Gasteiger partial charge is 0.243 e. The standard InChI is InChI=1S/C14H22N4O4S/c1-16(2)14-12(5-4-6-15-14)18(23(3,20)21)11-13(19)17-7-9-22-10-8-17/h4-6H,7-11H2,1-3H3. The molecular weight excluding hydrogens is 320 g/mol. The van der Waals surface area contributed by atoms with E-state index in [0.29, 0.717) is 37.8 Å². The highest BCUT2D eigenvalue weighted by molar-refractivity contribution is 7.92. The monoisotopic (exact) mass is 342 g/mol. The molecule has 0 saturated carbocycles. The molecule has 1 aromatic heterocycles. The third-order valence-electron chi connectivity index (χ3n) is 3.50. The maximum atomic E-state index is 12.4. The topological polar surface area (TPSA) is 83.1 Å². The zero-order chi connectivity index (χ0) is 17.0. The van der Waals surface area contributed by atoms with Gasteiger partial charge in [-0.25, -0.2) is 13.4 Å². The number of ether oxygens (including phenoxy) is 1. The van der Waals surface area contributed by atoms with Gasteiger partial charge in [-0.15, -0.1) is 0 Å². The molecule has 1 aliphatic rings. The average molecular weight is 342 g/mol. The van der Waals surface area contributed by atoms with Crippen molar-refractivity contribution in [1.29, 1.82) is 0 Å². The van der Waals surface area contributed by atoms with Gasteiger partial charge in [-0.1, -0.05) is 0 Å². The van der Waals surface area contributed by atoms with Gasteiger partial charge in [0.15, 0.2) is 5.82 Å². The van der Waals surface area contributed by atoms with Gasteiger partial charge < -0.3 is 14.5 Å². The minimum Gasteiger partial charge on any atom is -0.378 e. The number of carbonyl (C=O) groups is 1. The van der Waals surface area contributed by atoms with Crippen LogP contribution >= 0.6 is 0 Å². The normalized spacial score (nSPS) is 15.3. The minimum absolute atomic E-state index is 0.243. The van der Waals surface area contributed by atoms with Crippen molar-refractivity contribution in [2.24, 2.45) is 0 Å². The first kappa shape index (κ1) is 17.5. The summed E-state index contributed by atoms with van der Waals surface area (Å²) in [6, 6.07) is 3.30. The van der Waals surface area contributed by atoms with Crippen molar-refractivity contribution >= 4 is 27.4 Å². The Morgan fingerprint density at radius 1 is 1.35 bits per heavy atom. The molecule has 1 amide bonds. The lowest BCUT2D eigenvalue weighted by Gasteiger charge is -2.31. The maximum absolute atomic E-state index is 12.4. The van der Waals surface area contributed by atoms with Crippen LogP contribution in [-0.4, -0.2) is 77.4 Å². The highest BCUT2D eigenvalue weighted by Crippen LogP contribution is 2.27. The van der Waals surface area contributed by atoms with E-state index in [2.05, 4.69) is 4.98 Å². The minimum atomic E-state index is -3.62. The summed E-state index contributed by atoms with van der Waals surface area (Å²) in [5.41, 5.74) is 0.390. The summed E-state index contributed by atoms with van der Waals surface area (Å²) in [7, 11) is -0.0720. The summed E-state index contributed by atoms with van der Waals surface area (Å²) in [6.45, 7) is 1.65. The third kappa shape index (κ3) is 4.32. The number of aromatic nitrogens is 1. The largest absolute Gasteiger partial charge is 0.378 e. The van der Waals surface area contributed by atoms with Gasteiger partial charge in [0.25, 0.3) is 0 Å². The van der Waals surface area contributed by atoms with Crippen LogP contribution in [0.2, 0.25) is 0 Å². The summed E-state index contributed by atoms with van der Waals surface area (Å²) in [4.78, 5) is 20.0. The van der Waals surface area contributed by atoms with Crippen molar-refractivity contribution < 1.29 is 17.9 Å². The molecule has 0 aliphatic carbocycles. The first-order chi connectivity index (χ1) is 10.8. The van der Waals surface area contributed by atoms with Crippen molar-refractivity contribution in [2.45, 2.75) is 0 Å². The van der Waals surface area contributed by atoms with Crippen LogP contribution in [0.4, 0.5) is 11.5 Å². The predicted molar refractivity (Wildman–Crippen MR) is 88.2 cm³/mol. The molecule has 0 spiro atoms. The van der Waals surface area contributed by atoms with Crippen molar-refractivity contribution in [3.05, 3.63) is 18.3 Å². The van der Waals surface area contributed by atoms with Gasteiger partial charge in [-0.3, -0.25) is 9.10 Å². The Bertz CT molecular complexity index is 656. The second kappa shape index (κ2) is 7.14. The molecule has 1 fully saturated rings. The van der Waals surface area contributed by atoms with Gasteiger partial charge in [0.2, 0.25) is 15.9 Å². The highest BCUT2D eigenvalue weighted by atomic mass is 32.2. The molecule has 128 valence electrons. The number of rotatable bonds is 5. The summed E-state index contributed by atoms with van der Waals surface area (Å²) < 4.78 is 30.7. The molecule has 9 heteroatoms. The Hall–Kier alpha value is -1.87. The van der Waals surface area contributed by atoms with Crippen LogP contribution in [0.5, 0.6) is 0 Å². The SMILES string of the molecule is CN(C)c1ncccc1N(CC(=O)N1CCOCC1)S(C)(=O)=O. The molecule has 1 aliphatic heterocycles. The van der Waals surface area contributed by atoms with Crippen LogP contribution in [0.1, 0.15) is 0 Å². The second-order valence-electron chi connectivity index (χ2n) is 5.50. The van der Waals surface area contributed by atoms with Crippen LogP contribution in [0.25, 0.3) is 0 Å². The van der Waals surface area contributed by atoms with E-state index in [4.69, 9.17) is 4.74 Å². The van der Waals surface area contributed by atoms with E-state index < -0.39 is 10.0 Å². The zero-order valence-electron chi connectivity index (χ0n) is 13.6. The Morgan fingerprint density at radius 3 is 2.57 bits per heavy atom. The van der Waals surface area contributed by atoms with Crippen LogP contribution in [0.15, 0.2) is 18.3 Å². The lowest BCUT2D eigenvalue weighted by Crippen LogP contribution is -2.47. The van der Waals surface area contributed by atoms with E-state index in [0.717, 1.165) is 10.6 Å². The van der Waals surface area contributed by atoms with Crippen molar-refractivity contribution in [3.63, 3.8) is 0 Å². The Kier molecular flexibility index (Phi) is 5.42. The van der Waals surface area contributed by atoms with E-state index >= 15 is 0 Å².